The summed E-state index contributed by atoms with van der Waals surface area (Å²) in [6, 6.07) is 0. The summed E-state index contributed by atoms with van der Waals surface area (Å²) in [6.07, 6.45) is -1.09. The van der Waals surface area contributed by atoms with Crippen molar-refractivity contribution in [3.8, 4) is 0 Å². The van der Waals surface area contributed by atoms with Crippen molar-refractivity contribution in [3.05, 3.63) is 0 Å². The van der Waals surface area contributed by atoms with Crippen LogP contribution in [0.1, 0.15) is 46.0 Å². The summed E-state index contributed by atoms with van der Waals surface area (Å²) in [6.45, 7) is 3.16. The molecule has 0 saturated heterocycles. The van der Waals surface area contributed by atoms with Crippen LogP contribution in [0.25, 0.3) is 0 Å². The van der Waals surface area contributed by atoms with E-state index in [1.807, 2.05) is 6.92 Å². The largest absolute Gasteiger partial charge is 0.407 e. The van der Waals surface area contributed by atoms with E-state index in [0.717, 1.165) is 26.2 Å². The summed E-state index contributed by atoms with van der Waals surface area (Å²) in [5.74, 6) is 0. The van der Waals surface area contributed by atoms with Gasteiger partial charge >= 0.3 is 6.18 Å². The quantitative estimate of drug-likeness (QED) is 0.557. The number of hydrogen-bond donors (Lipinski definition) is 1. The van der Waals surface area contributed by atoms with Gasteiger partial charge in [0.05, 0.1) is 5.60 Å². The molecule has 0 spiro atoms. The van der Waals surface area contributed by atoms with Gasteiger partial charge in [-0.25, -0.2) is 0 Å². The SMILES string of the molecule is CCCCCCC(C)(O)C(Cl)C(F)(F)F. The smallest absolute Gasteiger partial charge is 0.388 e. The Balaban J connectivity index is 4.05. The van der Waals surface area contributed by atoms with Gasteiger partial charge in [-0.1, -0.05) is 32.6 Å². The molecule has 0 amide bonds. The number of rotatable bonds is 6. The van der Waals surface area contributed by atoms with Gasteiger partial charge in [0, 0.05) is 0 Å². The van der Waals surface area contributed by atoms with E-state index in [9.17, 15) is 18.3 Å². The molecule has 0 heterocycles. The molecule has 2 atom stereocenters. The van der Waals surface area contributed by atoms with Gasteiger partial charge in [-0.05, 0) is 13.3 Å². The number of hydrogen-bond acceptors (Lipinski definition) is 1. The maximum absolute atomic E-state index is 12.2. The van der Waals surface area contributed by atoms with Gasteiger partial charge in [-0.2, -0.15) is 13.2 Å². The Labute approximate surface area is 93.6 Å². The van der Waals surface area contributed by atoms with Crippen molar-refractivity contribution in [2.24, 2.45) is 0 Å². The molecule has 0 fully saturated rings. The Morgan fingerprint density at radius 2 is 1.73 bits per heavy atom. The minimum Gasteiger partial charge on any atom is -0.388 e. The van der Waals surface area contributed by atoms with E-state index in [1.165, 1.54) is 0 Å². The lowest BCUT2D eigenvalue weighted by Crippen LogP contribution is -2.45. The van der Waals surface area contributed by atoms with Crippen LogP contribution in [-0.4, -0.2) is 22.3 Å². The summed E-state index contributed by atoms with van der Waals surface area (Å²) < 4.78 is 36.7. The highest BCUT2D eigenvalue weighted by Gasteiger charge is 2.48. The first-order valence-corrected chi connectivity index (χ1v) is 5.58. The van der Waals surface area contributed by atoms with Gasteiger partial charge in [0.15, 0.2) is 5.38 Å². The molecule has 0 aliphatic rings. The van der Waals surface area contributed by atoms with E-state index in [0.29, 0.717) is 6.42 Å². The molecule has 15 heavy (non-hydrogen) atoms. The second-order valence-corrected chi connectivity index (χ2v) is 4.51. The van der Waals surface area contributed by atoms with E-state index in [-0.39, 0.29) is 6.42 Å². The first-order valence-electron chi connectivity index (χ1n) is 5.15. The number of aliphatic hydroxyl groups is 1. The zero-order valence-corrected chi connectivity index (χ0v) is 9.83. The average molecular weight is 247 g/mol. The van der Waals surface area contributed by atoms with Crippen LogP contribution in [0.15, 0.2) is 0 Å². The molecule has 0 aromatic carbocycles. The van der Waals surface area contributed by atoms with E-state index in [2.05, 4.69) is 0 Å². The normalized spacial score (nSPS) is 18.6. The maximum Gasteiger partial charge on any atom is 0.407 e. The molecule has 0 aliphatic heterocycles. The highest BCUT2D eigenvalue weighted by Crippen LogP contribution is 2.35. The van der Waals surface area contributed by atoms with E-state index >= 15 is 0 Å². The molecular weight excluding hydrogens is 229 g/mol. The molecule has 92 valence electrons. The summed E-state index contributed by atoms with van der Waals surface area (Å²) in [5.41, 5.74) is -1.87. The zero-order valence-electron chi connectivity index (χ0n) is 9.07. The predicted molar refractivity (Wildman–Crippen MR) is 55.1 cm³/mol. The molecule has 0 aromatic rings. The topological polar surface area (TPSA) is 20.2 Å². The molecular formula is C10H18ClF3O. The van der Waals surface area contributed by atoms with Crippen LogP contribution in [0, 0.1) is 0 Å². The first kappa shape index (κ1) is 15.0. The van der Waals surface area contributed by atoms with Gasteiger partial charge in [0.25, 0.3) is 0 Å². The van der Waals surface area contributed by atoms with Crippen LogP contribution in [0.2, 0.25) is 0 Å². The van der Waals surface area contributed by atoms with Crippen molar-refractivity contribution in [3.63, 3.8) is 0 Å². The minimum absolute atomic E-state index is 0.0840. The van der Waals surface area contributed by atoms with Gasteiger partial charge in [-0.3, -0.25) is 0 Å². The lowest BCUT2D eigenvalue weighted by molar-refractivity contribution is -0.168. The molecule has 0 radical (unpaired) electrons. The minimum atomic E-state index is -4.55. The van der Waals surface area contributed by atoms with E-state index in [4.69, 9.17) is 11.6 Å². The van der Waals surface area contributed by atoms with Crippen LogP contribution in [0.5, 0.6) is 0 Å². The highest BCUT2D eigenvalue weighted by molar-refractivity contribution is 6.21. The molecule has 0 bridgehead atoms. The second kappa shape index (κ2) is 5.94. The van der Waals surface area contributed by atoms with Crippen molar-refractivity contribution >= 4 is 11.6 Å². The molecule has 0 rings (SSSR count). The van der Waals surface area contributed by atoms with Gasteiger partial charge in [0.2, 0.25) is 0 Å². The Morgan fingerprint density at radius 3 is 2.13 bits per heavy atom. The number of alkyl halides is 4. The van der Waals surface area contributed by atoms with Crippen LogP contribution < -0.4 is 0 Å². The Kier molecular flexibility index (Phi) is 5.96. The monoisotopic (exact) mass is 246 g/mol. The zero-order chi connectivity index (χ0) is 12.1. The van der Waals surface area contributed by atoms with Crippen LogP contribution in [-0.2, 0) is 0 Å². The van der Waals surface area contributed by atoms with Crippen LogP contribution in [0.3, 0.4) is 0 Å². The average Bonchev–Trinajstić information content (AvgIpc) is 2.10. The van der Waals surface area contributed by atoms with E-state index < -0.39 is 17.2 Å². The van der Waals surface area contributed by atoms with Crippen LogP contribution >= 0.6 is 11.6 Å². The maximum atomic E-state index is 12.2. The number of halogens is 4. The molecule has 0 aromatic heterocycles. The van der Waals surface area contributed by atoms with Crippen molar-refractivity contribution < 1.29 is 18.3 Å². The van der Waals surface area contributed by atoms with Gasteiger partial charge in [-0.15, -0.1) is 11.6 Å². The second-order valence-electron chi connectivity index (χ2n) is 4.07. The third-order valence-corrected chi connectivity index (χ3v) is 3.09. The Bertz CT molecular complexity index is 180. The molecule has 0 aliphatic carbocycles. The van der Waals surface area contributed by atoms with E-state index in [1.54, 1.807) is 0 Å². The Hall–Kier alpha value is 0.0400. The van der Waals surface area contributed by atoms with Gasteiger partial charge in [0.1, 0.15) is 0 Å². The summed E-state index contributed by atoms with van der Waals surface area (Å²) in [7, 11) is 0. The summed E-state index contributed by atoms with van der Waals surface area (Å²) >= 11 is 5.19. The summed E-state index contributed by atoms with van der Waals surface area (Å²) in [5, 5.41) is 7.38. The fourth-order valence-corrected chi connectivity index (χ4v) is 1.50. The lowest BCUT2D eigenvalue weighted by atomic mass is 9.94. The Morgan fingerprint density at radius 1 is 1.20 bits per heavy atom. The fourth-order valence-electron chi connectivity index (χ4n) is 1.39. The van der Waals surface area contributed by atoms with Crippen molar-refractivity contribution in [1.82, 2.24) is 0 Å². The molecule has 0 saturated carbocycles. The summed E-state index contributed by atoms with van der Waals surface area (Å²) in [4.78, 5) is 0. The van der Waals surface area contributed by atoms with Crippen molar-refractivity contribution in [1.29, 1.82) is 0 Å². The third-order valence-electron chi connectivity index (χ3n) is 2.37. The molecule has 5 heteroatoms. The lowest BCUT2D eigenvalue weighted by Gasteiger charge is -2.30. The van der Waals surface area contributed by atoms with Crippen LogP contribution in [0.4, 0.5) is 13.2 Å². The highest BCUT2D eigenvalue weighted by atomic mass is 35.5. The van der Waals surface area contributed by atoms with Crippen molar-refractivity contribution in [2.75, 3.05) is 0 Å². The fraction of sp³-hybridized carbons (Fsp3) is 1.00. The van der Waals surface area contributed by atoms with Gasteiger partial charge < -0.3 is 5.11 Å². The predicted octanol–water partition coefficient (Wildman–Crippen LogP) is 3.88. The standard InChI is InChI=1S/C10H18ClF3O/c1-3-4-5-6-7-9(2,15)8(11)10(12,13)14/h8,15H,3-7H2,1-2H3. The molecule has 2 unspecified atom stereocenters. The van der Waals surface area contributed by atoms with Crippen molar-refractivity contribution in [2.45, 2.75) is 63.1 Å². The molecule has 1 nitrogen and oxygen atoms in total. The first-order chi connectivity index (χ1) is 6.72. The third kappa shape index (κ3) is 5.61. The number of unbranched alkanes of at least 4 members (excludes halogenated alkanes) is 3. The molecule has 1 N–H and O–H groups in total.